The van der Waals surface area contributed by atoms with Crippen molar-refractivity contribution in [1.82, 2.24) is 14.4 Å². The lowest BCUT2D eigenvalue weighted by Gasteiger charge is -2.44. The summed E-state index contributed by atoms with van der Waals surface area (Å²) in [6, 6.07) is 11.6. The number of carbonyl (C=O) groups excluding carboxylic acids is 2. The minimum atomic E-state index is -0.271. The zero-order chi connectivity index (χ0) is 25.0. The van der Waals surface area contributed by atoms with Crippen molar-refractivity contribution in [3.63, 3.8) is 0 Å². The van der Waals surface area contributed by atoms with Crippen molar-refractivity contribution in [3.8, 4) is 5.75 Å². The number of ether oxygens (including phenoxy) is 1. The van der Waals surface area contributed by atoms with E-state index in [4.69, 9.17) is 4.74 Å². The third kappa shape index (κ3) is 5.60. The molecular formula is C28H37N3O4. The number of fused-ring (bicyclic) bond motifs is 1. The van der Waals surface area contributed by atoms with E-state index in [0.29, 0.717) is 32.8 Å². The maximum atomic E-state index is 13.7. The van der Waals surface area contributed by atoms with Gasteiger partial charge in [-0.15, -0.1) is 0 Å². The average molecular weight is 480 g/mol. The fourth-order valence-corrected chi connectivity index (χ4v) is 5.43. The van der Waals surface area contributed by atoms with E-state index in [-0.39, 0.29) is 28.4 Å². The third-order valence-electron chi connectivity index (χ3n) is 7.86. The molecule has 35 heavy (non-hydrogen) atoms. The van der Waals surface area contributed by atoms with E-state index in [9.17, 15) is 14.4 Å². The Bertz CT molecular complexity index is 1130. The lowest BCUT2D eigenvalue weighted by molar-refractivity contribution is -0.131. The molecule has 4 rings (SSSR count). The van der Waals surface area contributed by atoms with E-state index in [0.717, 1.165) is 50.0 Å². The highest BCUT2D eigenvalue weighted by atomic mass is 16.5. The molecule has 0 N–H and O–H groups in total. The van der Waals surface area contributed by atoms with Gasteiger partial charge in [0.05, 0.1) is 6.54 Å². The maximum Gasteiger partial charge on any atom is 0.263 e. The number of hydrogen-bond acceptors (Lipinski definition) is 4. The Balaban J connectivity index is 1.64. The number of piperidine rings is 1. The number of hydrogen-bond donors (Lipinski definition) is 0. The second-order valence-corrected chi connectivity index (χ2v) is 10.1. The van der Waals surface area contributed by atoms with Crippen LogP contribution in [-0.4, -0.2) is 59.0 Å². The van der Waals surface area contributed by atoms with E-state index in [1.54, 1.807) is 20.0 Å². The first kappa shape index (κ1) is 25.0. The minimum Gasteiger partial charge on any atom is -0.491 e. The number of benzene rings is 1. The van der Waals surface area contributed by atoms with Crippen LogP contribution in [0.15, 0.2) is 41.2 Å². The van der Waals surface area contributed by atoms with Gasteiger partial charge in [0.2, 0.25) is 5.91 Å². The Labute approximate surface area is 207 Å². The standard InChI is InChI=1S/C28H37N3O4/c1-21-11-12-24(26(33)29(21)3)27(34)31-18-19-35-25-10-5-4-8-23(25)9-6-7-13-28(20-31)14-16-30(17-15-28)22(2)32/h4-5,8,10-12H,6-7,9,13-20H2,1-3H3. The summed E-state index contributed by atoms with van der Waals surface area (Å²) in [5, 5.41) is 0. The number of amides is 2. The fourth-order valence-electron chi connectivity index (χ4n) is 5.43. The van der Waals surface area contributed by atoms with Gasteiger partial charge in [-0.05, 0) is 68.2 Å². The average Bonchev–Trinajstić information content (AvgIpc) is 2.85. The summed E-state index contributed by atoms with van der Waals surface area (Å²) in [4.78, 5) is 42.4. The number of carbonyl (C=O) groups is 2. The van der Waals surface area contributed by atoms with Crippen LogP contribution in [-0.2, 0) is 18.3 Å². The van der Waals surface area contributed by atoms with Gasteiger partial charge in [-0.25, -0.2) is 0 Å². The molecule has 1 fully saturated rings. The molecule has 2 aliphatic heterocycles. The molecule has 1 aromatic carbocycles. The summed E-state index contributed by atoms with van der Waals surface area (Å²) in [7, 11) is 1.70. The molecule has 0 unspecified atom stereocenters. The molecule has 188 valence electrons. The normalized spacial score (nSPS) is 18.7. The number of likely N-dealkylation sites (tertiary alicyclic amines) is 1. The van der Waals surface area contributed by atoms with E-state index >= 15 is 0 Å². The fraction of sp³-hybridized carbons (Fsp3) is 0.536. The lowest BCUT2D eigenvalue weighted by atomic mass is 9.73. The van der Waals surface area contributed by atoms with Crippen LogP contribution >= 0.6 is 0 Å². The molecule has 0 aliphatic carbocycles. The monoisotopic (exact) mass is 479 g/mol. The number of pyridine rings is 1. The maximum absolute atomic E-state index is 13.7. The third-order valence-corrected chi connectivity index (χ3v) is 7.86. The molecule has 3 heterocycles. The molecule has 0 bridgehead atoms. The van der Waals surface area contributed by atoms with Crippen molar-refractivity contribution in [3.05, 3.63) is 63.6 Å². The molecule has 1 saturated heterocycles. The van der Waals surface area contributed by atoms with Gasteiger partial charge in [-0.1, -0.05) is 24.6 Å². The Morgan fingerprint density at radius 3 is 2.43 bits per heavy atom. The van der Waals surface area contributed by atoms with Crippen LogP contribution < -0.4 is 10.3 Å². The van der Waals surface area contributed by atoms with E-state index in [1.807, 2.05) is 41.0 Å². The van der Waals surface area contributed by atoms with Gasteiger partial charge in [0, 0.05) is 39.3 Å². The van der Waals surface area contributed by atoms with E-state index in [1.165, 1.54) is 10.1 Å². The molecular weight excluding hydrogens is 442 g/mol. The van der Waals surface area contributed by atoms with E-state index < -0.39 is 0 Å². The first-order valence-corrected chi connectivity index (χ1v) is 12.7. The SMILES string of the molecule is CC(=O)N1CCC2(CCCCc3ccccc3OCCN(C(=O)c3ccc(C)n(C)c3=O)C2)CC1. The second-order valence-electron chi connectivity index (χ2n) is 10.1. The predicted molar refractivity (Wildman–Crippen MR) is 136 cm³/mol. The van der Waals surface area contributed by atoms with Crippen molar-refractivity contribution in [1.29, 1.82) is 0 Å². The first-order chi connectivity index (χ1) is 16.8. The largest absolute Gasteiger partial charge is 0.491 e. The van der Waals surface area contributed by atoms with Crippen molar-refractivity contribution in [2.45, 2.75) is 52.4 Å². The molecule has 1 spiro atoms. The van der Waals surface area contributed by atoms with Gasteiger partial charge < -0.3 is 19.1 Å². The van der Waals surface area contributed by atoms with Crippen LogP contribution in [0.2, 0.25) is 0 Å². The van der Waals surface area contributed by atoms with Gasteiger partial charge in [0.25, 0.3) is 11.5 Å². The number of para-hydroxylation sites is 1. The molecule has 7 heteroatoms. The zero-order valence-electron chi connectivity index (χ0n) is 21.2. The van der Waals surface area contributed by atoms with Crippen LogP contribution in [0.3, 0.4) is 0 Å². The lowest BCUT2D eigenvalue weighted by Crippen LogP contribution is -2.50. The molecule has 0 saturated carbocycles. The Hall–Kier alpha value is -3.09. The Morgan fingerprint density at radius 1 is 0.943 bits per heavy atom. The smallest absolute Gasteiger partial charge is 0.263 e. The number of rotatable bonds is 1. The van der Waals surface area contributed by atoms with Crippen LogP contribution in [0.25, 0.3) is 0 Å². The number of aromatic nitrogens is 1. The van der Waals surface area contributed by atoms with E-state index in [2.05, 4.69) is 6.07 Å². The van der Waals surface area contributed by atoms with Crippen LogP contribution in [0.1, 0.15) is 60.6 Å². The summed E-state index contributed by atoms with van der Waals surface area (Å²) >= 11 is 0. The summed E-state index contributed by atoms with van der Waals surface area (Å²) in [5.41, 5.74) is 1.86. The van der Waals surface area contributed by atoms with Gasteiger partial charge in [-0.2, -0.15) is 0 Å². The minimum absolute atomic E-state index is 0.0732. The van der Waals surface area contributed by atoms with Gasteiger partial charge in [0.1, 0.15) is 17.9 Å². The Kier molecular flexibility index (Phi) is 7.63. The van der Waals surface area contributed by atoms with Gasteiger partial charge in [0.15, 0.2) is 0 Å². The molecule has 7 nitrogen and oxygen atoms in total. The molecule has 1 aromatic heterocycles. The molecule has 2 aliphatic rings. The molecule has 0 radical (unpaired) electrons. The summed E-state index contributed by atoms with van der Waals surface area (Å²) in [5.74, 6) is 0.734. The summed E-state index contributed by atoms with van der Waals surface area (Å²) in [6.45, 7) is 6.24. The highest BCUT2D eigenvalue weighted by Gasteiger charge is 2.38. The number of aryl methyl sites for hydroxylation is 2. The quantitative estimate of drug-likeness (QED) is 0.627. The molecule has 2 amide bonds. The van der Waals surface area contributed by atoms with Gasteiger partial charge in [-0.3, -0.25) is 14.4 Å². The topological polar surface area (TPSA) is 71.8 Å². The zero-order valence-corrected chi connectivity index (χ0v) is 21.2. The number of nitrogens with zero attached hydrogens (tertiary/aromatic N) is 3. The molecule has 0 atom stereocenters. The second kappa shape index (κ2) is 10.7. The van der Waals surface area contributed by atoms with Crippen LogP contribution in [0.5, 0.6) is 5.75 Å². The highest BCUT2D eigenvalue weighted by Crippen LogP contribution is 2.38. The van der Waals surface area contributed by atoms with Crippen molar-refractivity contribution in [2.75, 3.05) is 32.8 Å². The molecule has 2 aromatic rings. The summed E-state index contributed by atoms with van der Waals surface area (Å²) in [6.07, 6.45) is 5.78. The first-order valence-electron chi connectivity index (χ1n) is 12.7. The van der Waals surface area contributed by atoms with Crippen molar-refractivity contribution in [2.24, 2.45) is 12.5 Å². The van der Waals surface area contributed by atoms with Crippen molar-refractivity contribution < 1.29 is 14.3 Å². The highest BCUT2D eigenvalue weighted by molar-refractivity contribution is 5.94. The van der Waals surface area contributed by atoms with Crippen molar-refractivity contribution >= 4 is 11.8 Å². The Morgan fingerprint density at radius 2 is 1.69 bits per heavy atom. The van der Waals surface area contributed by atoms with Crippen LogP contribution in [0, 0.1) is 12.3 Å². The van der Waals surface area contributed by atoms with Crippen LogP contribution in [0.4, 0.5) is 0 Å². The van der Waals surface area contributed by atoms with Gasteiger partial charge >= 0.3 is 0 Å². The summed E-state index contributed by atoms with van der Waals surface area (Å²) < 4.78 is 7.67. The predicted octanol–water partition coefficient (Wildman–Crippen LogP) is 3.57.